The van der Waals surface area contributed by atoms with Gasteiger partial charge < -0.3 is 9.36 Å². The van der Waals surface area contributed by atoms with Crippen LogP contribution in [0.15, 0.2) is 30.5 Å². The lowest BCUT2D eigenvalue weighted by molar-refractivity contribution is -0.110. The lowest BCUT2D eigenvalue weighted by atomic mass is 10.2. The van der Waals surface area contributed by atoms with E-state index in [1.807, 2.05) is 42.0 Å². The van der Waals surface area contributed by atoms with Gasteiger partial charge in [-0.2, -0.15) is 0 Å². The first-order valence-corrected chi connectivity index (χ1v) is 4.81. The fraction of sp³-hybridized carbons (Fsp3) is 0.182. The second kappa shape index (κ2) is 3.46. The molecule has 0 saturated heterocycles. The number of carbonyl (C=O) groups is 1. The molecule has 0 bridgehead atoms. The van der Waals surface area contributed by atoms with Crippen molar-refractivity contribution in [3.05, 3.63) is 35.5 Å². The number of nitrogens with zero attached hydrogens (tertiary/aromatic N) is 1. The molecule has 1 aromatic carbocycles. The van der Waals surface area contributed by atoms with Gasteiger partial charge >= 0.3 is 0 Å². The summed E-state index contributed by atoms with van der Waals surface area (Å²) in [7, 11) is 0. The molecule has 2 rings (SSSR count). The van der Waals surface area contributed by atoms with Crippen LogP contribution in [0.2, 0.25) is 5.02 Å². The van der Waals surface area contributed by atoms with Crippen LogP contribution in [0.25, 0.3) is 10.9 Å². The monoisotopic (exact) mass is 207 g/mol. The van der Waals surface area contributed by atoms with Crippen molar-refractivity contribution in [1.29, 1.82) is 0 Å². The second-order valence-corrected chi connectivity index (χ2v) is 3.74. The van der Waals surface area contributed by atoms with Gasteiger partial charge in [0.1, 0.15) is 6.29 Å². The molecule has 1 heterocycles. The van der Waals surface area contributed by atoms with E-state index in [0.29, 0.717) is 5.02 Å². The van der Waals surface area contributed by atoms with Crippen LogP contribution >= 0.6 is 11.6 Å². The van der Waals surface area contributed by atoms with E-state index in [1.54, 1.807) is 0 Å². The molecule has 14 heavy (non-hydrogen) atoms. The largest absolute Gasteiger partial charge is 0.338 e. The second-order valence-electron chi connectivity index (χ2n) is 3.30. The van der Waals surface area contributed by atoms with Crippen molar-refractivity contribution in [2.45, 2.75) is 13.0 Å². The predicted molar refractivity (Wildman–Crippen MR) is 57.7 cm³/mol. The molecule has 0 aliphatic carbocycles. The Balaban J connectivity index is 2.66. The predicted octanol–water partition coefficient (Wildman–Crippen LogP) is 3.05. The highest BCUT2D eigenvalue weighted by Crippen LogP contribution is 2.22. The molecule has 1 unspecified atom stereocenters. The molecule has 0 amide bonds. The van der Waals surface area contributed by atoms with Crippen LogP contribution in [-0.4, -0.2) is 10.9 Å². The van der Waals surface area contributed by atoms with Crippen LogP contribution in [0.3, 0.4) is 0 Å². The summed E-state index contributed by atoms with van der Waals surface area (Å²) in [5.41, 5.74) is 0.997. The van der Waals surface area contributed by atoms with Gasteiger partial charge in [0.05, 0.1) is 11.6 Å². The summed E-state index contributed by atoms with van der Waals surface area (Å²) in [6, 6.07) is 7.50. The van der Waals surface area contributed by atoms with Crippen molar-refractivity contribution in [1.82, 2.24) is 4.57 Å². The molecular formula is C11H10ClNO. The average Bonchev–Trinajstić information content (AvgIpc) is 2.59. The zero-order chi connectivity index (χ0) is 10.1. The Bertz CT molecular complexity index is 475. The van der Waals surface area contributed by atoms with Gasteiger partial charge in [-0.05, 0) is 30.5 Å². The topological polar surface area (TPSA) is 22.0 Å². The molecule has 0 fully saturated rings. The quantitative estimate of drug-likeness (QED) is 0.694. The number of aromatic nitrogens is 1. The van der Waals surface area contributed by atoms with Crippen molar-refractivity contribution < 1.29 is 4.79 Å². The SMILES string of the molecule is CC(C=O)n1ccc2ccc(Cl)cc21. The highest BCUT2D eigenvalue weighted by molar-refractivity contribution is 6.31. The third-order valence-corrected chi connectivity index (χ3v) is 2.56. The Morgan fingerprint density at radius 2 is 2.21 bits per heavy atom. The van der Waals surface area contributed by atoms with E-state index in [1.165, 1.54) is 0 Å². The van der Waals surface area contributed by atoms with Crippen LogP contribution in [0.4, 0.5) is 0 Å². The third-order valence-electron chi connectivity index (χ3n) is 2.32. The van der Waals surface area contributed by atoms with Crippen molar-refractivity contribution in [2.75, 3.05) is 0 Å². The van der Waals surface area contributed by atoms with E-state index in [2.05, 4.69) is 0 Å². The van der Waals surface area contributed by atoms with Crippen LogP contribution in [-0.2, 0) is 4.79 Å². The number of benzene rings is 1. The number of rotatable bonds is 2. The van der Waals surface area contributed by atoms with Crippen molar-refractivity contribution in [3.63, 3.8) is 0 Å². The first-order chi connectivity index (χ1) is 6.72. The van der Waals surface area contributed by atoms with E-state index in [9.17, 15) is 4.79 Å². The average molecular weight is 208 g/mol. The molecule has 1 aromatic heterocycles. The number of aldehydes is 1. The molecule has 2 aromatic rings. The summed E-state index contributed by atoms with van der Waals surface area (Å²) in [6.07, 6.45) is 2.82. The molecule has 0 aliphatic heterocycles. The summed E-state index contributed by atoms with van der Waals surface area (Å²) in [6.45, 7) is 1.85. The first-order valence-electron chi connectivity index (χ1n) is 4.44. The Labute approximate surface area is 87.1 Å². The first kappa shape index (κ1) is 9.28. The summed E-state index contributed by atoms with van der Waals surface area (Å²) in [5.74, 6) is 0. The lowest BCUT2D eigenvalue weighted by Crippen LogP contribution is -2.03. The smallest absolute Gasteiger partial charge is 0.142 e. The van der Waals surface area contributed by atoms with E-state index in [-0.39, 0.29) is 6.04 Å². The maximum Gasteiger partial charge on any atom is 0.142 e. The molecule has 72 valence electrons. The maximum absolute atomic E-state index is 10.7. The molecule has 0 radical (unpaired) electrons. The van der Waals surface area contributed by atoms with Crippen molar-refractivity contribution in [3.8, 4) is 0 Å². The Morgan fingerprint density at radius 1 is 1.43 bits per heavy atom. The van der Waals surface area contributed by atoms with E-state index < -0.39 is 0 Å². The number of hydrogen-bond acceptors (Lipinski definition) is 1. The summed E-state index contributed by atoms with van der Waals surface area (Å²) in [4.78, 5) is 10.7. The summed E-state index contributed by atoms with van der Waals surface area (Å²) in [5, 5.41) is 1.79. The molecular weight excluding hydrogens is 198 g/mol. The van der Waals surface area contributed by atoms with Gasteiger partial charge in [-0.1, -0.05) is 17.7 Å². The van der Waals surface area contributed by atoms with Crippen LogP contribution in [0.5, 0.6) is 0 Å². The standard InChI is InChI=1S/C11H10ClNO/c1-8(7-14)13-5-4-9-2-3-10(12)6-11(9)13/h2-8H,1H3. The van der Waals surface area contributed by atoms with Gasteiger partial charge in [0.15, 0.2) is 0 Å². The molecule has 2 nitrogen and oxygen atoms in total. The molecule has 0 aliphatic rings. The molecule has 0 N–H and O–H groups in total. The minimum absolute atomic E-state index is 0.147. The number of hydrogen-bond donors (Lipinski definition) is 0. The minimum atomic E-state index is -0.147. The van der Waals surface area contributed by atoms with Crippen LogP contribution in [0, 0.1) is 0 Å². The number of halogens is 1. The van der Waals surface area contributed by atoms with Crippen LogP contribution < -0.4 is 0 Å². The van der Waals surface area contributed by atoms with Gasteiger partial charge in [-0.3, -0.25) is 0 Å². The molecule has 3 heteroatoms. The van der Waals surface area contributed by atoms with E-state index >= 15 is 0 Å². The van der Waals surface area contributed by atoms with E-state index in [0.717, 1.165) is 17.2 Å². The summed E-state index contributed by atoms with van der Waals surface area (Å²) >= 11 is 5.89. The summed E-state index contributed by atoms with van der Waals surface area (Å²) < 4.78 is 1.91. The Morgan fingerprint density at radius 3 is 2.93 bits per heavy atom. The lowest BCUT2D eigenvalue weighted by Gasteiger charge is -2.07. The fourth-order valence-corrected chi connectivity index (χ4v) is 1.71. The number of fused-ring (bicyclic) bond motifs is 1. The van der Waals surface area contributed by atoms with Crippen LogP contribution in [0.1, 0.15) is 13.0 Å². The van der Waals surface area contributed by atoms with Crippen molar-refractivity contribution >= 4 is 28.8 Å². The Hall–Kier alpha value is -1.28. The zero-order valence-corrected chi connectivity index (χ0v) is 8.53. The van der Waals surface area contributed by atoms with Gasteiger partial charge in [-0.15, -0.1) is 0 Å². The maximum atomic E-state index is 10.7. The van der Waals surface area contributed by atoms with Gasteiger partial charge in [0.2, 0.25) is 0 Å². The Kier molecular flexibility index (Phi) is 2.30. The fourth-order valence-electron chi connectivity index (χ4n) is 1.54. The van der Waals surface area contributed by atoms with Gasteiger partial charge in [0, 0.05) is 11.2 Å². The highest BCUT2D eigenvalue weighted by atomic mass is 35.5. The van der Waals surface area contributed by atoms with Gasteiger partial charge in [0.25, 0.3) is 0 Å². The van der Waals surface area contributed by atoms with Gasteiger partial charge in [-0.25, -0.2) is 0 Å². The highest BCUT2D eigenvalue weighted by Gasteiger charge is 2.06. The zero-order valence-electron chi connectivity index (χ0n) is 7.77. The van der Waals surface area contributed by atoms with E-state index in [4.69, 9.17) is 11.6 Å². The normalized spacial score (nSPS) is 13.0. The third kappa shape index (κ3) is 1.42. The van der Waals surface area contributed by atoms with Crippen molar-refractivity contribution in [2.24, 2.45) is 0 Å². The number of carbonyl (C=O) groups excluding carboxylic acids is 1. The molecule has 1 atom stereocenters. The minimum Gasteiger partial charge on any atom is -0.338 e. The molecule has 0 saturated carbocycles. The molecule has 0 spiro atoms.